The third kappa shape index (κ3) is 8.62. The maximum absolute atomic E-state index is 5.42. The van der Waals surface area contributed by atoms with Gasteiger partial charge in [0.1, 0.15) is 23.0 Å². The standard InChI is InChI=1S/C30H36N6O4/c1-37-27-5-9-31-23(15-27)19-35(20-24-16-28(38-2)6-10-32-24)13-14-36(21-25-17-29(39-3)7-11-33-25)22-26-18-30(40-4)8-12-34-26/h5-12,15-18H,13-14,19-22H2,1-4H3. The number of rotatable bonds is 15. The second kappa shape index (κ2) is 14.8. The molecule has 0 fully saturated rings. The molecule has 0 N–H and O–H groups in total. The van der Waals surface area contributed by atoms with Gasteiger partial charge >= 0.3 is 0 Å². The van der Waals surface area contributed by atoms with Crippen molar-refractivity contribution in [3.05, 3.63) is 96.1 Å². The van der Waals surface area contributed by atoms with Gasteiger partial charge < -0.3 is 18.9 Å². The molecule has 0 unspecified atom stereocenters. The van der Waals surface area contributed by atoms with Crippen molar-refractivity contribution in [3.63, 3.8) is 0 Å². The summed E-state index contributed by atoms with van der Waals surface area (Å²) in [6, 6.07) is 15.2. The molecule has 0 amide bonds. The Bertz CT molecular complexity index is 1150. The topological polar surface area (TPSA) is 95.0 Å². The Morgan fingerprint density at radius 3 is 0.925 bits per heavy atom. The first-order chi connectivity index (χ1) is 19.6. The Kier molecular flexibility index (Phi) is 10.6. The molecule has 0 bridgehead atoms. The number of hydrogen-bond acceptors (Lipinski definition) is 10. The quantitative estimate of drug-likeness (QED) is 0.218. The molecule has 0 aromatic carbocycles. The summed E-state index contributed by atoms with van der Waals surface area (Å²) in [7, 11) is 6.64. The molecule has 0 aliphatic heterocycles. The molecule has 4 rings (SSSR count). The zero-order valence-corrected chi connectivity index (χ0v) is 23.5. The SMILES string of the molecule is COc1ccnc(CN(CCN(Cc2cc(OC)ccn2)Cc2cc(OC)ccn2)Cc2cc(OC)ccn2)c1. The fourth-order valence-corrected chi connectivity index (χ4v) is 4.31. The maximum Gasteiger partial charge on any atom is 0.122 e. The van der Waals surface area contributed by atoms with E-state index in [-0.39, 0.29) is 0 Å². The number of pyridine rings is 4. The molecule has 210 valence electrons. The normalized spacial score (nSPS) is 11.1. The molecule has 0 radical (unpaired) electrons. The lowest BCUT2D eigenvalue weighted by Gasteiger charge is -2.27. The van der Waals surface area contributed by atoms with E-state index in [4.69, 9.17) is 18.9 Å². The van der Waals surface area contributed by atoms with Crippen LogP contribution in [0.15, 0.2) is 73.3 Å². The van der Waals surface area contributed by atoms with Gasteiger partial charge in [0.2, 0.25) is 0 Å². The first-order valence-corrected chi connectivity index (χ1v) is 13.0. The fourth-order valence-electron chi connectivity index (χ4n) is 4.31. The largest absolute Gasteiger partial charge is 0.497 e. The van der Waals surface area contributed by atoms with Crippen molar-refractivity contribution in [1.29, 1.82) is 0 Å². The van der Waals surface area contributed by atoms with Crippen LogP contribution < -0.4 is 18.9 Å². The number of aromatic nitrogens is 4. The third-order valence-electron chi connectivity index (χ3n) is 6.37. The van der Waals surface area contributed by atoms with E-state index in [1.54, 1.807) is 53.2 Å². The van der Waals surface area contributed by atoms with Crippen molar-refractivity contribution in [1.82, 2.24) is 29.7 Å². The summed E-state index contributed by atoms with van der Waals surface area (Å²) in [6.45, 7) is 3.98. The average Bonchev–Trinajstić information content (AvgIpc) is 3.00. The molecule has 0 spiro atoms. The van der Waals surface area contributed by atoms with Crippen LogP contribution in [0.2, 0.25) is 0 Å². The molecular weight excluding hydrogens is 508 g/mol. The van der Waals surface area contributed by atoms with Crippen LogP contribution in [-0.2, 0) is 26.2 Å². The highest BCUT2D eigenvalue weighted by molar-refractivity contribution is 5.25. The van der Waals surface area contributed by atoms with Crippen LogP contribution in [0.5, 0.6) is 23.0 Å². The second-order valence-corrected chi connectivity index (χ2v) is 9.17. The van der Waals surface area contributed by atoms with E-state index in [0.717, 1.165) is 58.9 Å². The summed E-state index contributed by atoms with van der Waals surface area (Å²) in [5.74, 6) is 3.11. The van der Waals surface area contributed by atoms with E-state index < -0.39 is 0 Å². The van der Waals surface area contributed by atoms with Gasteiger partial charge in [-0.3, -0.25) is 29.7 Å². The monoisotopic (exact) mass is 544 g/mol. The van der Waals surface area contributed by atoms with Gasteiger partial charge in [0, 0.05) is 88.3 Å². The van der Waals surface area contributed by atoms with E-state index in [1.807, 2.05) is 48.5 Å². The smallest absolute Gasteiger partial charge is 0.122 e. The highest BCUT2D eigenvalue weighted by Gasteiger charge is 2.16. The van der Waals surface area contributed by atoms with E-state index in [0.29, 0.717) is 26.2 Å². The van der Waals surface area contributed by atoms with Crippen molar-refractivity contribution in [2.75, 3.05) is 41.5 Å². The maximum atomic E-state index is 5.42. The number of hydrogen-bond donors (Lipinski definition) is 0. The summed E-state index contributed by atoms with van der Waals surface area (Å²) in [5.41, 5.74) is 3.66. The fraction of sp³-hybridized carbons (Fsp3) is 0.333. The summed E-state index contributed by atoms with van der Waals surface area (Å²) in [6.07, 6.45) is 7.08. The van der Waals surface area contributed by atoms with E-state index in [1.165, 1.54) is 0 Å². The van der Waals surface area contributed by atoms with Crippen LogP contribution in [0.1, 0.15) is 22.8 Å². The van der Waals surface area contributed by atoms with Crippen LogP contribution in [-0.4, -0.2) is 71.3 Å². The molecule has 10 heteroatoms. The Labute approximate surface area is 235 Å². The van der Waals surface area contributed by atoms with Gasteiger partial charge in [-0.15, -0.1) is 0 Å². The lowest BCUT2D eigenvalue weighted by atomic mass is 10.2. The van der Waals surface area contributed by atoms with E-state index in [2.05, 4.69) is 29.7 Å². The zero-order valence-electron chi connectivity index (χ0n) is 23.5. The predicted molar refractivity (Wildman–Crippen MR) is 151 cm³/mol. The lowest BCUT2D eigenvalue weighted by molar-refractivity contribution is 0.177. The second-order valence-electron chi connectivity index (χ2n) is 9.17. The minimum atomic E-state index is 0.624. The molecule has 40 heavy (non-hydrogen) atoms. The minimum Gasteiger partial charge on any atom is -0.497 e. The summed E-state index contributed by atoms with van der Waals surface area (Å²) in [4.78, 5) is 22.9. The first kappa shape index (κ1) is 28.7. The Balaban J connectivity index is 1.56. The van der Waals surface area contributed by atoms with Crippen LogP contribution in [0.3, 0.4) is 0 Å². The van der Waals surface area contributed by atoms with Gasteiger partial charge in [0.05, 0.1) is 51.2 Å². The predicted octanol–water partition coefficient (Wildman–Crippen LogP) is 4.01. The molecule has 4 aromatic heterocycles. The van der Waals surface area contributed by atoms with Crippen LogP contribution in [0.4, 0.5) is 0 Å². The average molecular weight is 545 g/mol. The van der Waals surface area contributed by atoms with Crippen LogP contribution >= 0.6 is 0 Å². The molecule has 0 aliphatic rings. The molecule has 0 saturated heterocycles. The molecule has 0 saturated carbocycles. The Hall–Kier alpha value is -4.28. The van der Waals surface area contributed by atoms with E-state index in [9.17, 15) is 0 Å². The molecular formula is C30H36N6O4. The minimum absolute atomic E-state index is 0.624. The van der Waals surface area contributed by atoms with Crippen molar-refractivity contribution >= 4 is 0 Å². The molecule has 4 heterocycles. The van der Waals surface area contributed by atoms with Crippen molar-refractivity contribution in [3.8, 4) is 23.0 Å². The highest BCUT2D eigenvalue weighted by atomic mass is 16.5. The van der Waals surface area contributed by atoms with Gasteiger partial charge in [-0.05, 0) is 24.3 Å². The molecule has 0 atom stereocenters. The lowest BCUT2D eigenvalue weighted by Crippen LogP contribution is -2.35. The highest BCUT2D eigenvalue weighted by Crippen LogP contribution is 2.18. The van der Waals surface area contributed by atoms with Crippen LogP contribution in [0.25, 0.3) is 0 Å². The summed E-state index contributed by atoms with van der Waals surface area (Å²) in [5, 5.41) is 0. The zero-order chi connectivity index (χ0) is 28.2. The molecule has 0 aliphatic carbocycles. The first-order valence-electron chi connectivity index (χ1n) is 13.0. The van der Waals surface area contributed by atoms with Gasteiger partial charge in [-0.1, -0.05) is 0 Å². The van der Waals surface area contributed by atoms with Crippen molar-refractivity contribution < 1.29 is 18.9 Å². The summed E-state index contributed by atoms with van der Waals surface area (Å²) >= 11 is 0. The van der Waals surface area contributed by atoms with Gasteiger partial charge in [-0.2, -0.15) is 0 Å². The Morgan fingerprint density at radius 2 is 0.700 bits per heavy atom. The van der Waals surface area contributed by atoms with Gasteiger partial charge in [0.25, 0.3) is 0 Å². The number of nitrogens with zero attached hydrogens (tertiary/aromatic N) is 6. The van der Waals surface area contributed by atoms with Crippen molar-refractivity contribution in [2.24, 2.45) is 0 Å². The number of methoxy groups -OCH3 is 4. The molecule has 4 aromatic rings. The number of ether oxygens (including phenoxy) is 4. The third-order valence-corrected chi connectivity index (χ3v) is 6.37. The summed E-state index contributed by atoms with van der Waals surface area (Å²) < 4.78 is 21.7. The van der Waals surface area contributed by atoms with E-state index >= 15 is 0 Å². The van der Waals surface area contributed by atoms with Gasteiger partial charge in [0.15, 0.2) is 0 Å². The molecule has 10 nitrogen and oxygen atoms in total. The van der Waals surface area contributed by atoms with Crippen molar-refractivity contribution in [2.45, 2.75) is 26.2 Å². The van der Waals surface area contributed by atoms with Crippen LogP contribution in [0, 0.1) is 0 Å². The van der Waals surface area contributed by atoms with Gasteiger partial charge in [-0.25, -0.2) is 0 Å². The Morgan fingerprint density at radius 1 is 0.450 bits per heavy atom.